The maximum Gasteiger partial charge on any atom is 0.224 e. The maximum absolute atomic E-state index is 13.2. The Morgan fingerprint density at radius 1 is 1.69 bits per heavy atom. The van der Waals surface area contributed by atoms with Crippen molar-refractivity contribution in [3.8, 4) is 0 Å². The fraction of sp³-hybridized carbons (Fsp3) is 0.444. The fourth-order valence-electron chi connectivity index (χ4n) is 0.861. The number of carbonyl (C=O) groups is 1. The molecular weight excluding hydrogens is 235 g/mol. The summed E-state index contributed by atoms with van der Waals surface area (Å²) in [5, 5.41) is 2.60. The van der Waals surface area contributed by atoms with Crippen molar-refractivity contribution in [1.29, 1.82) is 0 Å². The molecule has 3 N–H and O–H groups in total. The van der Waals surface area contributed by atoms with Crippen LogP contribution in [0.4, 0.5) is 10.2 Å². The summed E-state index contributed by atoms with van der Waals surface area (Å²) in [4.78, 5) is 18.1. The van der Waals surface area contributed by atoms with Crippen molar-refractivity contribution in [2.24, 2.45) is 11.1 Å². The zero-order valence-corrected chi connectivity index (χ0v) is 9.68. The Hall–Kier alpha value is -1.43. The Kier molecular flexibility index (Phi) is 3.64. The highest BCUT2D eigenvalue weighted by Gasteiger charge is 2.25. The molecule has 0 aliphatic heterocycles. The summed E-state index contributed by atoms with van der Waals surface area (Å²) in [6.45, 7) is 3.44. The minimum Gasteiger partial charge on any atom is -0.369 e. The number of nitrogens with one attached hydrogen (secondary N) is 1. The SMILES string of the molecule is CC(C)(CNc1nc(Cl)ncc1F)C(N)=O. The predicted octanol–water partition coefficient (Wildman–Crippen LogP) is 1.19. The molecule has 5 nitrogen and oxygen atoms in total. The van der Waals surface area contributed by atoms with E-state index in [0.29, 0.717) is 0 Å². The third-order valence-electron chi connectivity index (χ3n) is 2.08. The van der Waals surface area contributed by atoms with Gasteiger partial charge in [-0.3, -0.25) is 4.79 Å². The van der Waals surface area contributed by atoms with Crippen molar-refractivity contribution >= 4 is 23.3 Å². The summed E-state index contributed by atoms with van der Waals surface area (Å²) in [7, 11) is 0. The van der Waals surface area contributed by atoms with Gasteiger partial charge in [0.2, 0.25) is 11.2 Å². The van der Waals surface area contributed by atoms with Gasteiger partial charge in [-0.1, -0.05) is 0 Å². The Labute approximate surface area is 97.2 Å². The van der Waals surface area contributed by atoms with Crippen molar-refractivity contribution < 1.29 is 9.18 Å². The van der Waals surface area contributed by atoms with Gasteiger partial charge in [0.1, 0.15) is 0 Å². The summed E-state index contributed by atoms with van der Waals surface area (Å²) in [5.41, 5.74) is 4.37. The lowest BCUT2D eigenvalue weighted by Gasteiger charge is -2.21. The van der Waals surface area contributed by atoms with Crippen LogP contribution in [0.3, 0.4) is 0 Å². The average molecular weight is 247 g/mol. The first-order valence-corrected chi connectivity index (χ1v) is 4.92. The number of hydrogen-bond donors (Lipinski definition) is 2. The van der Waals surface area contributed by atoms with E-state index >= 15 is 0 Å². The van der Waals surface area contributed by atoms with Crippen LogP contribution in [0.25, 0.3) is 0 Å². The zero-order chi connectivity index (χ0) is 12.3. The first-order chi connectivity index (χ1) is 7.33. The second-order valence-electron chi connectivity index (χ2n) is 3.94. The molecule has 1 amide bonds. The summed E-state index contributed by atoms with van der Waals surface area (Å²) < 4.78 is 13.2. The van der Waals surface area contributed by atoms with Crippen molar-refractivity contribution in [2.75, 3.05) is 11.9 Å². The molecule has 1 aromatic heterocycles. The highest BCUT2D eigenvalue weighted by atomic mass is 35.5. The summed E-state index contributed by atoms with van der Waals surface area (Å²) in [6.07, 6.45) is 0.953. The first kappa shape index (κ1) is 12.6. The number of amides is 1. The number of rotatable bonds is 4. The topological polar surface area (TPSA) is 80.9 Å². The molecule has 0 unspecified atom stereocenters. The van der Waals surface area contributed by atoms with Crippen LogP contribution >= 0.6 is 11.6 Å². The van der Waals surface area contributed by atoms with Gasteiger partial charge < -0.3 is 11.1 Å². The van der Waals surface area contributed by atoms with E-state index in [1.54, 1.807) is 13.8 Å². The molecular formula is C9H12ClFN4O. The van der Waals surface area contributed by atoms with Crippen LogP contribution in [0, 0.1) is 11.2 Å². The van der Waals surface area contributed by atoms with Crippen LogP contribution in [-0.2, 0) is 4.79 Å². The molecule has 7 heteroatoms. The Morgan fingerprint density at radius 3 is 2.88 bits per heavy atom. The van der Waals surface area contributed by atoms with Gasteiger partial charge in [-0.15, -0.1) is 0 Å². The Bertz CT molecular complexity index is 410. The molecule has 0 radical (unpaired) electrons. The molecule has 0 aromatic carbocycles. The van der Waals surface area contributed by atoms with Crippen molar-refractivity contribution in [3.05, 3.63) is 17.3 Å². The van der Waals surface area contributed by atoms with Gasteiger partial charge in [0.05, 0.1) is 11.6 Å². The van der Waals surface area contributed by atoms with Crippen LogP contribution in [-0.4, -0.2) is 22.4 Å². The van der Waals surface area contributed by atoms with Gasteiger partial charge in [-0.25, -0.2) is 9.37 Å². The lowest BCUT2D eigenvalue weighted by atomic mass is 9.93. The molecule has 0 aliphatic rings. The van der Waals surface area contributed by atoms with E-state index in [0.717, 1.165) is 6.20 Å². The van der Waals surface area contributed by atoms with Gasteiger partial charge in [0.15, 0.2) is 11.6 Å². The second-order valence-corrected chi connectivity index (χ2v) is 4.28. The van der Waals surface area contributed by atoms with E-state index < -0.39 is 17.1 Å². The number of nitrogens with two attached hydrogens (primary N) is 1. The van der Waals surface area contributed by atoms with Crippen LogP contribution in [0.1, 0.15) is 13.8 Å². The molecule has 0 spiro atoms. The number of anilines is 1. The largest absolute Gasteiger partial charge is 0.369 e. The summed E-state index contributed by atoms with van der Waals surface area (Å²) in [6, 6.07) is 0. The van der Waals surface area contributed by atoms with E-state index in [1.165, 1.54) is 0 Å². The van der Waals surface area contributed by atoms with E-state index in [-0.39, 0.29) is 17.6 Å². The molecule has 0 atom stereocenters. The number of primary amides is 1. The fourth-order valence-corrected chi connectivity index (χ4v) is 0.995. The van der Waals surface area contributed by atoms with Crippen LogP contribution in [0.15, 0.2) is 6.20 Å². The molecule has 0 saturated heterocycles. The summed E-state index contributed by atoms with van der Waals surface area (Å²) in [5.74, 6) is -1.17. The minimum absolute atomic E-state index is 0.0469. The van der Waals surface area contributed by atoms with Gasteiger partial charge in [-0.05, 0) is 25.4 Å². The molecule has 1 aromatic rings. The van der Waals surface area contributed by atoms with Crippen molar-refractivity contribution in [1.82, 2.24) is 9.97 Å². The molecule has 0 bridgehead atoms. The molecule has 1 heterocycles. The van der Waals surface area contributed by atoms with Gasteiger partial charge in [-0.2, -0.15) is 4.98 Å². The number of hydrogen-bond acceptors (Lipinski definition) is 4. The van der Waals surface area contributed by atoms with E-state index in [4.69, 9.17) is 17.3 Å². The average Bonchev–Trinajstić information content (AvgIpc) is 2.19. The normalized spacial score (nSPS) is 11.2. The third-order valence-corrected chi connectivity index (χ3v) is 2.26. The third kappa shape index (κ3) is 3.03. The highest BCUT2D eigenvalue weighted by molar-refractivity contribution is 6.28. The van der Waals surface area contributed by atoms with Crippen molar-refractivity contribution in [2.45, 2.75) is 13.8 Å². The Morgan fingerprint density at radius 2 is 2.31 bits per heavy atom. The van der Waals surface area contributed by atoms with Crippen LogP contribution in [0.5, 0.6) is 0 Å². The van der Waals surface area contributed by atoms with Crippen molar-refractivity contribution in [3.63, 3.8) is 0 Å². The molecule has 0 fully saturated rings. The lowest BCUT2D eigenvalue weighted by molar-refractivity contribution is -0.125. The van der Waals surface area contributed by atoms with Gasteiger partial charge >= 0.3 is 0 Å². The first-order valence-electron chi connectivity index (χ1n) is 4.55. The lowest BCUT2D eigenvalue weighted by Crippen LogP contribution is -2.37. The number of halogens is 2. The minimum atomic E-state index is -0.802. The van der Waals surface area contributed by atoms with Crippen LogP contribution in [0.2, 0.25) is 5.28 Å². The molecule has 0 aliphatic carbocycles. The maximum atomic E-state index is 13.2. The Balaban J connectivity index is 2.75. The van der Waals surface area contributed by atoms with Crippen LogP contribution < -0.4 is 11.1 Å². The standard InChI is InChI=1S/C9H12ClFN4O/c1-9(2,7(12)16)4-14-6-5(11)3-13-8(10)15-6/h3H,4H2,1-2H3,(H2,12,16)(H,13,14,15). The molecule has 88 valence electrons. The second kappa shape index (κ2) is 4.61. The number of nitrogens with zero attached hydrogens (tertiary/aromatic N) is 2. The zero-order valence-electron chi connectivity index (χ0n) is 8.92. The number of carbonyl (C=O) groups excluding carboxylic acids is 1. The molecule has 16 heavy (non-hydrogen) atoms. The van der Waals surface area contributed by atoms with E-state index in [1.807, 2.05) is 0 Å². The van der Waals surface area contributed by atoms with E-state index in [2.05, 4.69) is 15.3 Å². The van der Waals surface area contributed by atoms with E-state index in [9.17, 15) is 9.18 Å². The van der Waals surface area contributed by atoms with Gasteiger partial charge in [0.25, 0.3) is 0 Å². The molecule has 0 saturated carbocycles. The predicted molar refractivity (Wildman–Crippen MR) is 58.5 cm³/mol. The number of aromatic nitrogens is 2. The monoisotopic (exact) mass is 246 g/mol. The quantitative estimate of drug-likeness (QED) is 0.782. The van der Waals surface area contributed by atoms with Gasteiger partial charge in [0, 0.05) is 6.54 Å². The highest BCUT2D eigenvalue weighted by Crippen LogP contribution is 2.17. The summed E-state index contributed by atoms with van der Waals surface area (Å²) >= 11 is 5.51. The smallest absolute Gasteiger partial charge is 0.224 e. The molecule has 1 rings (SSSR count).